The third-order valence-electron chi connectivity index (χ3n) is 4.98. The van der Waals surface area contributed by atoms with Crippen LogP contribution in [-0.2, 0) is 6.42 Å². The predicted molar refractivity (Wildman–Crippen MR) is 109 cm³/mol. The van der Waals surface area contributed by atoms with Gasteiger partial charge in [0.1, 0.15) is 11.5 Å². The van der Waals surface area contributed by atoms with E-state index in [-0.39, 0.29) is 0 Å². The largest absolute Gasteiger partial charge is 0.497 e. The molecule has 2 heteroatoms. The number of methoxy groups -OCH3 is 2. The van der Waals surface area contributed by atoms with E-state index < -0.39 is 0 Å². The predicted octanol–water partition coefficient (Wildman–Crippen LogP) is 7.34. The van der Waals surface area contributed by atoms with Gasteiger partial charge in [0.15, 0.2) is 0 Å². The van der Waals surface area contributed by atoms with Gasteiger partial charge >= 0.3 is 0 Å². The Hall–Kier alpha value is -1.18. The molecular weight excluding hydrogens is 308 g/mol. The molecule has 0 spiro atoms. The van der Waals surface area contributed by atoms with Crippen molar-refractivity contribution in [3.05, 3.63) is 23.8 Å². The molecule has 0 saturated heterocycles. The minimum atomic E-state index is 0.893. The zero-order valence-corrected chi connectivity index (χ0v) is 16.9. The number of aryl methyl sites for hydroxylation is 1. The molecular formula is C23H40O2. The molecule has 25 heavy (non-hydrogen) atoms. The van der Waals surface area contributed by atoms with Crippen LogP contribution in [0.15, 0.2) is 18.2 Å². The van der Waals surface area contributed by atoms with Gasteiger partial charge in [0.05, 0.1) is 14.2 Å². The second kappa shape index (κ2) is 15.1. The van der Waals surface area contributed by atoms with E-state index >= 15 is 0 Å². The Labute approximate surface area is 156 Å². The topological polar surface area (TPSA) is 18.5 Å². The smallest absolute Gasteiger partial charge is 0.122 e. The van der Waals surface area contributed by atoms with Crippen LogP contribution in [0.2, 0.25) is 0 Å². The number of unbranched alkanes of at least 4 members (excludes halogenated alkanes) is 12. The van der Waals surface area contributed by atoms with E-state index in [0.717, 1.165) is 17.9 Å². The van der Waals surface area contributed by atoms with Crippen LogP contribution >= 0.6 is 0 Å². The second-order valence-electron chi connectivity index (χ2n) is 7.21. The number of benzene rings is 1. The molecule has 0 atom stereocenters. The monoisotopic (exact) mass is 348 g/mol. The van der Waals surface area contributed by atoms with Gasteiger partial charge in [-0.25, -0.2) is 0 Å². The molecule has 0 N–H and O–H groups in total. The maximum absolute atomic E-state index is 5.34. The molecule has 0 radical (unpaired) electrons. The first kappa shape index (κ1) is 21.9. The van der Waals surface area contributed by atoms with Crippen molar-refractivity contribution in [2.75, 3.05) is 14.2 Å². The molecule has 1 aromatic rings. The lowest BCUT2D eigenvalue weighted by Crippen LogP contribution is -1.92. The first-order valence-electron chi connectivity index (χ1n) is 10.5. The minimum Gasteiger partial charge on any atom is -0.497 e. The third kappa shape index (κ3) is 11.1. The zero-order chi connectivity index (χ0) is 18.2. The minimum absolute atomic E-state index is 0.893. The molecule has 1 aromatic carbocycles. The number of hydrogen-bond acceptors (Lipinski definition) is 2. The molecule has 0 aromatic heterocycles. The molecule has 144 valence electrons. The average Bonchev–Trinajstić information content (AvgIpc) is 2.65. The van der Waals surface area contributed by atoms with Crippen LogP contribution in [0.3, 0.4) is 0 Å². The third-order valence-corrected chi connectivity index (χ3v) is 4.98. The van der Waals surface area contributed by atoms with Gasteiger partial charge in [-0.1, -0.05) is 84.0 Å². The highest BCUT2D eigenvalue weighted by Crippen LogP contribution is 2.24. The van der Waals surface area contributed by atoms with Crippen LogP contribution in [0.4, 0.5) is 0 Å². The van der Waals surface area contributed by atoms with Crippen LogP contribution < -0.4 is 9.47 Å². The summed E-state index contributed by atoms with van der Waals surface area (Å²) in [4.78, 5) is 0. The maximum atomic E-state index is 5.34. The van der Waals surface area contributed by atoms with Crippen LogP contribution in [-0.4, -0.2) is 14.2 Å². The van der Waals surface area contributed by atoms with Gasteiger partial charge in [0.25, 0.3) is 0 Å². The molecule has 0 aliphatic heterocycles. The van der Waals surface area contributed by atoms with E-state index in [0.29, 0.717) is 0 Å². The van der Waals surface area contributed by atoms with Crippen molar-refractivity contribution in [3.63, 3.8) is 0 Å². The Morgan fingerprint density at radius 3 is 1.36 bits per heavy atom. The average molecular weight is 349 g/mol. The summed E-state index contributed by atoms with van der Waals surface area (Å²) in [6.07, 6.45) is 19.3. The first-order chi connectivity index (χ1) is 12.3. The van der Waals surface area contributed by atoms with Gasteiger partial charge in [0, 0.05) is 6.07 Å². The van der Waals surface area contributed by atoms with Crippen molar-refractivity contribution < 1.29 is 9.47 Å². The molecule has 0 amide bonds. The highest BCUT2D eigenvalue weighted by atomic mass is 16.5. The van der Waals surface area contributed by atoms with Crippen LogP contribution in [0, 0.1) is 0 Å². The fraction of sp³-hybridized carbons (Fsp3) is 0.739. The summed E-state index contributed by atoms with van der Waals surface area (Å²) in [5, 5.41) is 0. The molecule has 2 nitrogen and oxygen atoms in total. The number of rotatable bonds is 16. The molecule has 0 aliphatic rings. The zero-order valence-electron chi connectivity index (χ0n) is 16.9. The summed E-state index contributed by atoms with van der Waals surface area (Å²) in [6.45, 7) is 2.29. The normalized spacial score (nSPS) is 10.8. The van der Waals surface area contributed by atoms with Crippen molar-refractivity contribution in [1.82, 2.24) is 0 Å². The number of hydrogen-bond donors (Lipinski definition) is 0. The first-order valence-corrected chi connectivity index (χ1v) is 10.5. The lowest BCUT2D eigenvalue weighted by molar-refractivity contribution is 0.393. The van der Waals surface area contributed by atoms with Crippen LogP contribution in [0.25, 0.3) is 0 Å². The van der Waals surface area contributed by atoms with Crippen molar-refractivity contribution >= 4 is 0 Å². The molecule has 0 aliphatic carbocycles. The van der Waals surface area contributed by atoms with Crippen molar-refractivity contribution in [3.8, 4) is 11.5 Å². The number of ether oxygens (including phenoxy) is 2. The molecule has 0 bridgehead atoms. The molecule has 0 saturated carbocycles. The molecule has 1 rings (SSSR count). The van der Waals surface area contributed by atoms with E-state index in [1.54, 1.807) is 14.2 Å². The van der Waals surface area contributed by atoms with Gasteiger partial charge < -0.3 is 9.47 Å². The lowest BCUT2D eigenvalue weighted by Gasteiger charge is -2.08. The Balaban J connectivity index is 1.97. The highest BCUT2D eigenvalue weighted by molar-refractivity contribution is 5.38. The second-order valence-corrected chi connectivity index (χ2v) is 7.21. The fourth-order valence-electron chi connectivity index (χ4n) is 3.36. The van der Waals surface area contributed by atoms with Gasteiger partial charge in [0.2, 0.25) is 0 Å². The Morgan fingerprint density at radius 2 is 0.960 bits per heavy atom. The highest BCUT2D eigenvalue weighted by Gasteiger charge is 2.02. The standard InChI is InChI=1S/C23H40O2/c1-4-5-6-7-8-9-10-11-12-13-14-15-16-17-21-18-22(24-2)20-23(19-21)25-3/h18-20H,4-17H2,1-3H3. The van der Waals surface area contributed by atoms with Crippen LogP contribution in [0.5, 0.6) is 11.5 Å². The fourth-order valence-corrected chi connectivity index (χ4v) is 3.36. The molecule has 0 unspecified atom stereocenters. The van der Waals surface area contributed by atoms with Gasteiger partial charge in [-0.2, -0.15) is 0 Å². The summed E-state index contributed by atoms with van der Waals surface area (Å²) in [5.41, 5.74) is 1.32. The SMILES string of the molecule is CCCCCCCCCCCCCCCc1cc(OC)cc(OC)c1. The maximum Gasteiger partial charge on any atom is 0.122 e. The van der Waals surface area contributed by atoms with Crippen LogP contribution in [0.1, 0.15) is 96.0 Å². The summed E-state index contributed by atoms with van der Waals surface area (Å²) < 4.78 is 10.7. The van der Waals surface area contributed by atoms with Crippen molar-refractivity contribution in [2.24, 2.45) is 0 Å². The Kier molecular flexibility index (Phi) is 13.2. The molecule has 0 fully saturated rings. The molecule has 0 heterocycles. The lowest BCUT2D eigenvalue weighted by atomic mass is 10.0. The summed E-state index contributed by atoms with van der Waals surface area (Å²) in [6, 6.07) is 6.19. The quantitative estimate of drug-likeness (QED) is 0.291. The van der Waals surface area contributed by atoms with Gasteiger partial charge in [-0.15, -0.1) is 0 Å². The van der Waals surface area contributed by atoms with E-state index in [4.69, 9.17) is 9.47 Å². The summed E-state index contributed by atoms with van der Waals surface area (Å²) in [7, 11) is 3.42. The Morgan fingerprint density at radius 1 is 0.560 bits per heavy atom. The van der Waals surface area contributed by atoms with Gasteiger partial charge in [-0.3, -0.25) is 0 Å². The van der Waals surface area contributed by atoms with Crippen molar-refractivity contribution in [2.45, 2.75) is 96.8 Å². The summed E-state index contributed by atoms with van der Waals surface area (Å²) >= 11 is 0. The Bertz CT molecular complexity index is 406. The van der Waals surface area contributed by atoms with Crippen molar-refractivity contribution in [1.29, 1.82) is 0 Å². The summed E-state index contributed by atoms with van der Waals surface area (Å²) in [5.74, 6) is 1.79. The van der Waals surface area contributed by atoms with E-state index in [2.05, 4.69) is 19.1 Å². The van der Waals surface area contributed by atoms with E-state index in [1.807, 2.05) is 6.07 Å². The van der Waals surface area contributed by atoms with E-state index in [9.17, 15) is 0 Å². The van der Waals surface area contributed by atoms with Gasteiger partial charge in [-0.05, 0) is 30.5 Å². The van der Waals surface area contributed by atoms with E-state index in [1.165, 1.54) is 89.0 Å².